The summed E-state index contributed by atoms with van der Waals surface area (Å²) in [6, 6.07) is 6.37. The highest BCUT2D eigenvalue weighted by atomic mass is 16.4. The van der Waals surface area contributed by atoms with Gasteiger partial charge in [0, 0.05) is 19.0 Å². The molecule has 0 radical (unpaired) electrons. The molecule has 0 fully saturated rings. The molecular weight excluding hydrogens is 238 g/mol. The summed E-state index contributed by atoms with van der Waals surface area (Å²) in [5.74, 6) is 0.342. The number of hydrogen-bond donors (Lipinski definition) is 2. The molecular formula is C15H25N3O. The fourth-order valence-corrected chi connectivity index (χ4v) is 2.21. The van der Waals surface area contributed by atoms with Crippen molar-refractivity contribution in [2.75, 3.05) is 13.1 Å². The van der Waals surface area contributed by atoms with Gasteiger partial charge in [0.2, 0.25) is 0 Å². The lowest BCUT2D eigenvalue weighted by atomic mass is 10.0. The zero-order valence-corrected chi connectivity index (χ0v) is 12.3. The number of amidine groups is 1. The number of rotatable bonds is 6. The van der Waals surface area contributed by atoms with Gasteiger partial charge in [-0.05, 0) is 37.1 Å². The van der Waals surface area contributed by atoms with Crippen molar-refractivity contribution in [1.29, 1.82) is 0 Å². The standard InChI is InChI=1S/C15H25N3O/c1-5-18(9-13(4)15(16)17-19)10-14-11(2)7-6-8-12(14)3/h6-8,13,19H,5,9-10H2,1-4H3,(H2,16,17). The molecule has 1 unspecified atom stereocenters. The van der Waals surface area contributed by atoms with Crippen LogP contribution in [0.2, 0.25) is 0 Å². The van der Waals surface area contributed by atoms with Gasteiger partial charge in [0.15, 0.2) is 0 Å². The maximum Gasteiger partial charge on any atom is 0.143 e. The lowest BCUT2D eigenvalue weighted by molar-refractivity contribution is 0.257. The fourth-order valence-electron chi connectivity index (χ4n) is 2.21. The lowest BCUT2D eigenvalue weighted by Gasteiger charge is -2.25. The molecule has 0 saturated heterocycles. The van der Waals surface area contributed by atoms with Crippen molar-refractivity contribution in [2.24, 2.45) is 16.8 Å². The summed E-state index contributed by atoms with van der Waals surface area (Å²) in [5.41, 5.74) is 9.65. The highest BCUT2D eigenvalue weighted by Gasteiger charge is 2.14. The van der Waals surface area contributed by atoms with E-state index in [9.17, 15) is 0 Å². The minimum atomic E-state index is 0.0503. The van der Waals surface area contributed by atoms with E-state index in [0.717, 1.165) is 19.6 Å². The second-order valence-electron chi connectivity index (χ2n) is 5.12. The van der Waals surface area contributed by atoms with Gasteiger partial charge in [-0.1, -0.05) is 37.2 Å². The van der Waals surface area contributed by atoms with Crippen LogP contribution < -0.4 is 5.73 Å². The first-order valence-corrected chi connectivity index (χ1v) is 6.74. The van der Waals surface area contributed by atoms with Gasteiger partial charge in [0.1, 0.15) is 5.84 Å². The maximum absolute atomic E-state index is 8.71. The second kappa shape index (κ2) is 7.14. The average molecular weight is 263 g/mol. The first kappa shape index (κ1) is 15.5. The molecule has 19 heavy (non-hydrogen) atoms. The molecule has 3 N–H and O–H groups in total. The topological polar surface area (TPSA) is 61.8 Å². The Labute approximate surface area is 115 Å². The van der Waals surface area contributed by atoms with E-state index in [1.807, 2.05) is 6.92 Å². The van der Waals surface area contributed by atoms with Gasteiger partial charge in [-0.15, -0.1) is 0 Å². The normalized spacial score (nSPS) is 13.8. The Hall–Kier alpha value is -1.55. The van der Waals surface area contributed by atoms with Gasteiger partial charge in [-0.25, -0.2) is 0 Å². The summed E-state index contributed by atoms with van der Waals surface area (Å²) in [7, 11) is 0. The number of nitrogens with zero attached hydrogens (tertiary/aromatic N) is 2. The van der Waals surface area contributed by atoms with Crippen LogP contribution in [0, 0.1) is 19.8 Å². The quantitative estimate of drug-likeness (QED) is 0.359. The first-order valence-electron chi connectivity index (χ1n) is 6.74. The van der Waals surface area contributed by atoms with E-state index in [2.05, 4.69) is 49.0 Å². The Kier molecular flexibility index (Phi) is 5.83. The van der Waals surface area contributed by atoms with Crippen LogP contribution in [-0.4, -0.2) is 29.0 Å². The van der Waals surface area contributed by atoms with Gasteiger partial charge < -0.3 is 10.9 Å². The molecule has 1 atom stereocenters. The second-order valence-corrected chi connectivity index (χ2v) is 5.12. The van der Waals surface area contributed by atoms with E-state index in [4.69, 9.17) is 10.9 Å². The molecule has 0 aromatic heterocycles. The molecule has 0 amide bonds. The van der Waals surface area contributed by atoms with Crippen molar-refractivity contribution in [3.8, 4) is 0 Å². The van der Waals surface area contributed by atoms with Crippen LogP contribution in [0.3, 0.4) is 0 Å². The van der Waals surface area contributed by atoms with Crippen LogP contribution in [-0.2, 0) is 6.54 Å². The Morgan fingerprint density at radius 2 is 1.95 bits per heavy atom. The Morgan fingerprint density at radius 1 is 1.37 bits per heavy atom. The molecule has 0 saturated carbocycles. The Bertz CT molecular complexity index is 423. The molecule has 4 heteroatoms. The van der Waals surface area contributed by atoms with E-state index < -0.39 is 0 Å². The van der Waals surface area contributed by atoms with Gasteiger partial charge in [0.05, 0.1) is 0 Å². The van der Waals surface area contributed by atoms with Crippen molar-refractivity contribution < 1.29 is 5.21 Å². The summed E-state index contributed by atoms with van der Waals surface area (Å²) in [5, 5.41) is 11.8. The third-order valence-corrected chi connectivity index (χ3v) is 3.63. The monoisotopic (exact) mass is 263 g/mol. The number of aryl methyl sites for hydroxylation is 2. The van der Waals surface area contributed by atoms with Crippen molar-refractivity contribution in [3.05, 3.63) is 34.9 Å². The smallest absolute Gasteiger partial charge is 0.143 e. The van der Waals surface area contributed by atoms with Crippen LogP contribution in [0.15, 0.2) is 23.4 Å². The molecule has 0 aliphatic carbocycles. The van der Waals surface area contributed by atoms with E-state index in [1.165, 1.54) is 16.7 Å². The summed E-state index contributed by atoms with van der Waals surface area (Å²) < 4.78 is 0. The number of benzene rings is 1. The third kappa shape index (κ3) is 4.24. The maximum atomic E-state index is 8.71. The van der Waals surface area contributed by atoms with Gasteiger partial charge in [-0.2, -0.15) is 0 Å². The molecule has 0 heterocycles. The molecule has 4 nitrogen and oxygen atoms in total. The van der Waals surface area contributed by atoms with Gasteiger partial charge in [-0.3, -0.25) is 4.90 Å². The number of nitrogens with two attached hydrogens (primary N) is 1. The Morgan fingerprint density at radius 3 is 2.42 bits per heavy atom. The van der Waals surface area contributed by atoms with Crippen LogP contribution >= 0.6 is 0 Å². The summed E-state index contributed by atoms with van der Waals surface area (Å²) in [4.78, 5) is 2.32. The molecule has 1 rings (SSSR count). The minimum absolute atomic E-state index is 0.0503. The minimum Gasteiger partial charge on any atom is -0.409 e. The van der Waals surface area contributed by atoms with E-state index in [1.54, 1.807) is 0 Å². The van der Waals surface area contributed by atoms with E-state index in [0.29, 0.717) is 5.84 Å². The first-order chi connectivity index (χ1) is 8.99. The molecule has 106 valence electrons. The van der Waals surface area contributed by atoms with Crippen molar-refractivity contribution in [3.63, 3.8) is 0 Å². The molecule has 0 aliphatic rings. The summed E-state index contributed by atoms with van der Waals surface area (Å²) in [6.07, 6.45) is 0. The molecule has 0 aliphatic heterocycles. The molecule has 0 spiro atoms. The van der Waals surface area contributed by atoms with E-state index in [-0.39, 0.29) is 5.92 Å². The summed E-state index contributed by atoms with van der Waals surface area (Å²) >= 11 is 0. The van der Waals surface area contributed by atoms with Crippen molar-refractivity contribution in [2.45, 2.75) is 34.2 Å². The van der Waals surface area contributed by atoms with Crippen molar-refractivity contribution >= 4 is 5.84 Å². The van der Waals surface area contributed by atoms with Crippen LogP contribution in [0.4, 0.5) is 0 Å². The molecule has 0 bridgehead atoms. The van der Waals surface area contributed by atoms with Gasteiger partial charge >= 0.3 is 0 Å². The van der Waals surface area contributed by atoms with Crippen molar-refractivity contribution in [1.82, 2.24) is 4.90 Å². The van der Waals surface area contributed by atoms with E-state index >= 15 is 0 Å². The summed E-state index contributed by atoms with van der Waals surface area (Å²) in [6.45, 7) is 11.0. The lowest BCUT2D eigenvalue weighted by Crippen LogP contribution is -2.34. The third-order valence-electron chi connectivity index (χ3n) is 3.63. The highest BCUT2D eigenvalue weighted by molar-refractivity contribution is 5.82. The van der Waals surface area contributed by atoms with Crippen LogP contribution in [0.25, 0.3) is 0 Å². The molecule has 1 aromatic rings. The zero-order chi connectivity index (χ0) is 14.4. The van der Waals surface area contributed by atoms with Gasteiger partial charge in [0.25, 0.3) is 0 Å². The molecule has 1 aromatic carbocycles. The zero-order valence-electron chi connectivity index (χ0n) is 12.3. The predicted octanol–water partition coefficient (Wildman–Crippen LogP) is 2.51. The SMILES string of the molecule is CCN(Cc1c(C)cccc1C)CC(C)/C(N)=N/O. The largest absolute Gasteiger partial charge is 0.409 e. The fraction of sp³-hybridized carbons (Fsp3) is 0.533. The highest BCUT2D eigenvalue weighted by Crippen LogP contribution is 2.16. The predicted molar refractivity (Wildman–Crippen MR) is 79.4 cm³/mol. The van der Waals surface area contributed by atoms with Crippen LogP contribution in [0.1, 0.15) is 30.5 Å². The average Bonchev–Trinajstić information content (AvgIpc) is 2.40. The number of hydrogen-bond acceptors (Lipinski definition) is 3. The number of oxime groups is 1. The Balaban J connectivity index is 2.77. The van der Waals surface area contributed by atoms with Crippen LogP contribution in [0.5, 0.6) is 0 Å².